The van der Waals surface area contributed by atoms with Gasteiger partial charge in [0, 0.05) is 25.8 Å². The van der Waals surface area contributed by atoms with Crippen molar-refractivity contribution in [3.63, 3.8) is 0 Å². The number of ether oxygens (including phenoxy) is 1. The molecule has 0 aromatic carbocycles. The van der Waals surface area contributed by atoms with Crippen LogP contribution in [0.1, 0.15) is 52.9 Å². The minimum absolute atomic E-state index is 0.414. The van der Waals surface area contributed by atoms with Crippen LogP contribution in [-0.2, 0) is 4.74 Å². The third-order valence-corrected chi connectivity index (χ3v) is 3.67. The second-order valence-electron chi connectivity index (χ2n) is 6.15. The Bertz CT molecular complexity index is 260. The molecule has 0 aliphatic carbocycles. The van der Waals surface area contributed by atoms with Crippen LogP contribution >= 0.6 is 0 Å². The van der Waals surface area contributed by atoms with E-state index in [1.807, 2.05) is 0 Å². The van der Waals surface area contributed by atoms with E-state index >= 15 is 0 Å². The summed E-state index contributed by atoms with van der Waals surface area (Å²) in [5.41, 5.74) is 5.93. The van der Waals surface area contributed by atoms with Gasteiger partial charge in [-0.25, -0.2) is 0 Å². The maximum absolute atomic E-state index is 5.93. The molecule has 0 amide bonds. The van der Waals surface area contributed by atoms with Gasteiger partial charge in [-0.3, -0.25) is 4.99 Å². The topological polar surface area (TPSA) is 59.6 Å². The molecule has 1 saturated heterocycles. The summed E-state index contributed by atoms with van der Waals surface area (Å²) in [5, 5.41) is 3.29. The third kappa shape index (κ3) is 8.09. The largest absolute Gasteiger partial charge is 0.381 e. The van der Waals surface area contributed by atoms with Crippen molar-refractivity contribution in [2.24, 2.45) is 22.6 Å². The summed E-state index contributed by atoms with van der Waals surface area (Å²) in [6.07, 6.45) is 5.91. The van der Waals surface area contributed by atoms with Gasteiger partial charge in [0.2, 0.25) is 0 Å². The zero-order valence-corrected chi connectivity index (χ0v) is 12.8. The van der Waals surface area contributed by atoms with E-state index in [1.54, 1.807) is 0 Å². The van der Waals surface area contributed by atoms with Gasteiger partial charge in [0.05, 0.1) is 0 Å². The molecular weight excluding hydrogens is 238 g/mol. The molecule has 19 heavy (non-hydrogen) atoms. The van der Waals surface area contributed by atoms with Crippen molar-refractivity contribution in [3.8, 4) is 0 Å². The second-order valence-corrected chi connectivity index (χ2v) is 6.15. The van der Waals surface area contributed by atoms with Crippen LogP contribution in [-0.4, -0.2) is 31.8 Å². The number of nitrogens with one attached hydrogen (secondary N) is 1. The third-order valence-electron chi connectivity index (χ3n) is 3.67. The Hall–Kier alpha value is -0.770. The summed E-state index contributed by atoms with van der Waals surface area (Å²) in [4.78, 5) is 4.46. The van der Waals surface area contributed by atoms with Gasteiger partial charge >= 0.3 is 0 Å². The molecule has 0 bridgehead atoms. The first-order valence-corrected chi connectivity index (χ1v) is 7.72. The molecule has 0 radical (unpaired) electrons. The number of nitrogens with two attached hydrogens (primary N) is 1. The molecule has 0 aromatic rings. The Morgan fingerprint density at radius 2 is 1.95 bits per heavy atom. The van der Waals surface area contributed by atoms with Gasteiger partial charge in [-0.15, -0.1) is 0 Å². The van der Waals surface area contributed by atoms with Crippen LogP contribution in [0.25, 0.3) is 0 Å². The Balaban J connectivity index is 2.15. The molecule has 1 aliphatic heterocycles. The molecule has 1 aliphatic rings. The summed E-state index contributed by atoms with van der Waals surface area (Å²) in [5.74, 6) is 2.03. The van der Waals surface area contributed by atoms with E-state index in [9.17, 15) is 0 Å². The van der Waals surface area contributed by atoms with Crippen molar-refractivity contribution in [1.29, 1.82) is 0 Å². The van der Waals surface area contributed by atoms with Crippen LogP contribution < -0.4 is 11.1 Å². The van der Waals surface area contributed by atoms with E-state index < -0.39 is 0 Å². The van der Waals surface area contributed by atoms with Crippen molar-refractivity contribution in [1.82, 2.24) is 5.32 Å². The molecule has 1 rings (SSSR count). The van der Waals surface area contributed by atoms with E-state index in [0.29, 0.717) is 17.9 Å². The van der Waals surface area contributed by atoms with E-state index in [-0.39, 0.29) is 0 Å². The highest BCUT2D eigenvalue weighted by atomic mass is 16.5. The normalized spacial score (nSPS) is 19.7. The van der Waals surface area contributed by atoms with Crippen LogP contribution in [0, 0.1) is 11.8 Å². The number of nitrogens with zero attached hydrogens (tertiary/aromatic N) is 1. The minimum Gasteiger partial charge on any atom is -0.381 e. The van der Waals surface area contributed by atoms with Crippen LogP contribution in [0.15, 0.2) is 4.99 Å². The summed E-state index contributed by atoms with van der Waals surface area (Å²) >= 11 is 0. The predicted molar refractivity (Wildman–Crippen MR) is 81.3 cm³/mol. The smallest absolute Gasteiger partial charge is 0.188 e. The molecule has 1 unspecified atom stereocenters. The van der Waals surface area contributed by atoms with Crippen molar-refractivity contribution in [2.45, 2.75) is 58.9 Å². The van der Waals surface area contributed by atoms with Crippen molar-refractivity contribution >= 4 is 5.96 Å². The first-order valence-electron chi connectivity index (χ1n) is 7.72. The van der Waals surface area contributed by atoms with Crippen molar-refractivity contribution < 1.29 is 4.74 Å². The van der Waals surface area contributed by atoms with Gasteiger partial charge in [-0.1, -0.05) is 26.7 Å². The average Bonchev–Trinajstić information content (AvgIpc) is 2.37. The van der Waals surface area contributed by atoms with Crippen LogP contribution in [0.3, 0.4) is 0 Å². The summed E-state index contributed by atoms with van der Waals surface area (Å²) in [6, 6.07) is 0.414. The Morgan fingerprint density at radius 3 is 2.58 bits per heavy atom. The van der Waals surface area contributed by atoms with Crippen molar-refractivity contribution in [3.05, 3.63) is 0 Å². The lowest BCUT2D eigenvalue weighted by atomic mass is 10.0. The fourth-order valence-corrected chi connectivity index (χ4v) is 2.36. The van der Waals surface area contributed by atoms with Gasteiger partial charge in [-0.2, -0.15) is 0 Å². The van der Waals surface area contributed by atoms with Gasteiger partial charge in [0.1, 0.15) is 0 Å². The number of rotatable bonds is 7. The quantitative estimate of drug-likeness (QED) is 0.551. The Morgan fingerprint density at radius 1 is 1.26 bits per heavy atom. The highest BCUT2D eigenvalue weighted by molar-refractivity contribution is 5.78. The molecule has 1 atom stereocenters. The fraction of sp³-hybridized carbons (Fsp3) is 0.933. The van der Waals surface area contributed by atoms with Gasteiger partial charge in [-0.05, 0) is 38.0 Å². The zero-order chi connectivity index (χ0) is 14.1. The number of guanidine groups is 1. The molecule has 0 spiro atoms. The van der Waals surface area contributed by atoms with Gasteiger partial charge in [0.25, 0.3) is 0 Å². The maximum Gasteiger partial charge on any atom is 0.188 e. The standard InChI is InChI=1S/C15H31N3O/c1-12(2)5-4-6-13(3)18-15(16)17-11-14-7-9-19-10-8-14/h12-14H,4-11H2,1-3H3,(H3,16,17,18). The SMILES string of the molecule is CC(C)CCCC(C)NC(N)=NCC1CCOCC1. The molecule has 1 heterocycles. The molecule has 112 valence electrons. The average molecular weight is 269 g/mol. The Kier molecular flexibility index (Phi) is 7.87. The highest BCUT2D eigenvalue weighted by Crippen LogP contribution is 2.14. The van der Waals surface area contributed by atoms with E-state index in [2.05, 4.69) is 31.1 Å². The lowest BCUT2D eigenvalue weighted by Crippen LogP contribution is -2.39. The molecule has 4 nitrogen and oxygen atoms in total. The molecule has 1 fully saturated rings. The maximum atomic E-state index is 5.93. The Labute approximate surface area is 118 Å². The molecule has 4 heteroatoms. The molecule has 3 N–H and O–H groups in total. The number of hydrogen-bond acceptors (Lipinski definition) is 2. The predicted octanol–water partition coefficient (Wildman–Crippen LogP) is 2.53. The fourth-order valence-electron chi connectivity index (χ4n) is 2.36. The number of hydrogen-bond donors (Lipinski definition) is 2. The monoisotopic (exact) mass is 269 g/mol. The summed E-state index contributed by atoms with van der Waals surface area (Å²) < 4.78 is 5.34. The molecule has 0 saturated carbocycles. The van der Waals surface area contributed by atoms with Crippen LogP contribution in [0.4, 0.5) is 0 Å². The van der Waals surface area contributed by atoms with Crippen molar-refractivity contribution in [2.75, 3.05) is 19.8 Å². The second kappa shape index (κ2) is 9.18. The zero-order valence-electron chi connectivity index (χ0n) is 12.8. The first-order chi connectivity index (χ1) is 9.08. The van der Waals surface area contributed by atoms with Gasteiger partial charge in [0.15, 0.2) is 5.96 Å². The lowest BCUT2D eigenvalue weighted by molar-refractivity contribution is 0.0689. The lowest BCUT2D eigenvalue weighted by Gasteiger charge is -2.21. The summed E-state index contributed by atoms with van der Waals surface area (Å²) in [6.45, 7) is 9.29. The van der Waals surface area contributed by atoms with E-state index in [0.717, 1.165) is 44.9 Å². The minimum atomic E-state index is 0.414. The summed E-state index contributed by atoms with van der Waals surface area (Å²) in [7, 11) is 0. The number of aliphatic imine (C=N–C) groups is 1. The van der Waals surface area contributed by atoms with Gasteiger partial charge < -0.3 is 15.8 Å². The molecular formula is C15H31N3O. The van der Waals surface area contributed by atoms with E-state index in [1.165, 1.54) is 12.8 Å². The highest BCUT2D eigenvalue weighted by Gasteiger charge is 2.13. The molecule has 0 aromatic heterocycles. The first kappa shape index (κ1) is 16.3. The van der Waals surface area contributed by atoms with E-state index in [4.69, 9.17) is 10.5 Å². The van der Waals surface area contributed by atoms with Crippen LogP contribution in [0.2, 0.25) is 0 Å². The van der Waals surface area contributed by atoms with Crippen LogP contribution in [0.5, 0.6) is 0 Å².